The van der Waals surface area contributed by atoms with E-state index in [1.54, 1.807) is 11.8 Å². The van der Waals surface area contributed by atoms with Gasteiger partial charge in [-0.2, -0.15) is 0 Å². The van der Waals surface area contributed by atoms with Crippen molar-refractivity contribution in [3.8, 4) is 11.4 Å². The molecule has 2 aromatic rings. The van der Waals surface area contributed by atoms with Crippen molar-refractivity contribution in [1.29, 1.82) is 0 Å². The molecule has 0 unspecified atom stereocenters. The van der Waals surface area contributed by atoms with E-state index < -0.39 is 0 Å². The molecule has 0 aliphatic heterocycles. The van der Waals surface area contributed by atoms with Gasteiger partial charge in [0, 0.05) is 11.5 Å². The molecule has 96 valence electrons. The van der Waals surface area contributed by atoms with Crippen LogP contribution in [0.15, 0.2) is 24.3 Å². The monoisotopic (exact) mass is 246 g/mol. The summed E-state index contributed by atoms with van der Waals surface area (Å²) in [7, 11) is 1.64. The summed E-state index contributed by atoms with van der Waals surface area (Å²) in [4.78, 5) is 0. The molecule has 0 atom stereocenters. The molecule has 1 aromatic carbocycles. The second kappa shape index (κ2) is 4.33. The SMILES string of the molecule is COc1cccc(-n2nnc(N)c2C(C)(C)C)c1. The normalized spacial score (nSPS) is 11.6. The van der Waals surface area contributed by atoms with Crippen LogP contribution in [0.2, 0.25) is 0 Å². The number of nitrogens with zero attached hydrogens (tertiary/aromatic N) is 3. The van der Waals surface area contributed by atoms with E-state index in [2.05, 4.69) is 31.1 Å². The van der Waals surface area contributed by atoms with Gasteiger partial charge in [-0.3, -0.25) is 0 Å². The summed E-state index contributed by atoms with van der Waals surface area (Å²) < 4.78 is 6.98. The van der Waals surface area contributed by atoms with E-state index in [0.717, 1.165) is 17.1 Å². The molecule has 0 fully saturated rings. The van der Waals surface area contributed by atoms with Crippen LogP contribution < -0.4 is 10.5 Å². The largest absolute Gasteiger partial charge is 0.497 e. The maximum absolute atomic E-state index is 5.91. The lowest BCUT2D eigenvalue weighted by Crippen LogP contribution is -2.19. The smallest absolute Gasteiger partial charge is 0.170 e. The topological polar surface area (TPSA) is 66.0 Å². The summed E-state index contributed by atoms with van der Waals surface area (Å²) in [5.74, 6) is 1.24. The fourth-order valence-electron chi connectivity index (χ4n) is 1.92. The first-order valence-electron chi connectivity index (χ1n) is 5.79. The van der Waals surface area contributed by atoms with Gasteiger partial charge in [-0.05, 0) is 12.1 Å². The fraction of sp³-hybridized carbons (Fsp3) is 0.385. The van der Waals surface area contributed by atoms with Gasteiger partial charge in [0.25, 0.3) is 0 Å². The van der Waals surface area contributed by atoms with Crippen LogP contribution in [0.25, 0.3) is 5.69 Å². The fourth-order valence-corrected chi connectivity index (χ4v) is 1.92. The van der Waals surface area contributed by atoms with E-state index in [-0.39, 0.29) is 5.41 Å². The Morgan fingerprint density at radius 3 is 2.61 bits per heavy atom. The second-order valence-electron chi connectivity index (χ2n) is 5.19. The minimum absolute atomic E-state index is 0.128. The summed E-state index contributed by atoms with van der Waals surface area (Å²) in [5, 5.41) is 8.08. The third kappa shape index (κ3) is 2.16. The molecule has 0 spiro atoms. The van der Waals surface area contributed by atoms with Crippen molar-refractivity contribution < 1.29 is 4.74 Å². The number of anilines is 1. The number of benzene rings is 1. The molecule has 0 saturated heterocycles. The van der Waals surface area contributed by atoms with Gasteiger partial charge in [0.15, 0.2) is 5.82 Å². The summed E-state index contributed by atoms with van der Waals surface area (Å²) in [6, 6.07) is 7.66. The van der Waals surface area contributed by atoms with Gasteiger partial charge in [-0.1, -0.05) is 32.1 Å². The van der Waals surface area contributed by atoms with Crippen LogP contribution >= 0.6 is 0 Å². The molecule has 0 bridgehead atoms. The first-order valence-corrected chi connectivity index (χ1v) is 5.79. The Labute approximate surface area is 107 Å². The van der Waals surface area contributed by atoms with E-state index in [0.29, 0.717) is 5.82 Å². The Morgan fingerprint density at radius 1 is 1.28 bits per heavy atom. The van der Waals surface area contributed by atoms with Gasteiger partial charge in [0.1, 0.15) is 5.75 Å². The Kier molecular flexibility index (Phi) is 2.98. The predicted octanol–water partition coefficient (Wildman–Crippen LogP) is 2.16. The van der Waals surface area contributed by atoms with Crippen LogP contribution in [-0.4, -0.2) is 22.1 Å². The first kappa shape index (κ1) is 12.4. The summed E-state index contributed by atoms with van der Waals surface area (Å²) in [6.07, 6.45) is 0. The molecular formula is C13H18N4O. The lowest BCUT2D eigenvalue weighted by molar-refractivity contribution is 0.414. The third-order valence-corrected chi connectivity index (χ3v) is 2.70. The lowest BCUT2D eigenvalue weighted by Gasteiger charge is -2.20. The predicted molar refractivity (Wildman–Crippen MR) is 71.0 cm³/mol. The molecule has 0 aliphatic carbocycles. The Morgan fingerprint density at radius 2 is 2.00 bits per heavy atom. The molecule has 0 radical (unpaired) electrons. The number of aromatic nitrogens is 3. The highest BCUT2D eigenvalue weighted by Crippen LogP contribution is 2.29. The van der Waals surface area contributed by atoms with Gasteiger partial charge < -0.3 is 10.5 Å². The summed E-state index contributed by atoms with van der Waals surface area (Å²) >= 11 is 0. The average molecular weight is 246 g/mol. The van der Waals surface area contributed by atoms with Crippen LogP contribution in [0, 0.1) is 0 Å². The van der Waals surface area contributed by atoms with Crippen LogP contribution in [-0.2, 0) is 5.41 Å². The van der Waals surface area contributed by atoms with Crippen LogP contribution in [0.1, 0.15) is 26.5 Å². The quantitative estimate of drug-likeness (QED) is 0.881. The van der Waals surface area contributed by atoms with Gasteiger partial charge >= 0.3 is 0 Å². The highest BCUT2D eigenvalue weighted by atomic mass is 16.5. The number of nitrogens with two attached hydrogens (primary N) is 1. The highest BCUT2D eigenvalue weighted by Gasteiger charge is 2.24. The molecule has 1 aromatic heterocycles. The minimum Gasteiger partial charge on any atom is -0.497 e. The van der Waals surface area contributed by atoms with Gasteiger partial charge in [0.05, 0.1) is 18.5 Å². The van der Waals surface area contributed by atoms with Crippen molar-refractivity contribution in [2.75, 3.05) is 12.8 Å². The minimum atomic E-state index is -0.128. The zero-order valence-electron chi connectivity index (χ0n) is 11.1. The van der Waals surface area contributed by atoms with E-state index in [1.807, 2.05) is 24.3 Å². The number of rotatable bonds is 2. The van der Waals surface area contributed by atoms with Crippen molar-refractivity contribution in [2.24, 2.45) is 0 Å². The molecule has 1 heterocycles. The third-order valence-electron chi connectivity index (χ3n) is 2.70. The van der Waals surface area contributed by atoms with Gasteiger partial charge in [-0.25, -0.2) is 4.68 Å². The molecule has 18 heavy (non-hydrogen) atoms. The zero-order valence-corrected chi connectivity index (χ0v) is 11.1. The molecule has 5 heteroatoms. The summed E-state index contributed by atoms with van der Waals surface area (Å²) in [6.45, 7) is 6.25. The van der Waals surface area contributed by atoms with Crippen molar-refractivity contribution in [2.45, 2.75) is 26.2 Å². The van der Waals surface area contributed by atoms with Crippen molar-refractivity contribution >= 4 is 5.82 Å². The number of nitrogen functional groups attached to an aromatic ring is 1. The van der Waals surface area contributed by atoms with Gasteiger partial charge in [0.2, 0.25) is 0 Å². The lowest BCUT2D eigenvalue weighted by atomic mass is 9.91. The van der Waals surface area contributed by atoms with E-state index >= 15 is 0 Å². The Hall–Kier alpha value is -2.04. The molecule has 0 aliphatic rings. The molecule has 0 amide bonds. The number of hydrogen-bond donors (Lipinski definition) is 1. The maximum Gasteiger partial charge on any atom is 0.170 e. The van der Waals surface area contributed by atoms with Crippen LogP contribution in [0.5, 0.6) is 5.75 Å². The van der Waals surface area contributed by atoms with E-state index in [4.69, 9.17) is 10.5 Å². The highest BCUT2D eigenvalue weighted by molar-refractivity contribution is 5.46. The van der Waals surface area contributed by atoms with Gasteiger partial charge in [-0.15, -0.1) is 5.10 Å². The number of methoxy groups -OCH3 is 1. The van der Waals surface area contributed by atoms with E-state index in [9.17, 15) is 0 Å². The molecule has 5 nitrogen and oxygen atoms in total. The molecule has 2 N–H and O–H groups in total. The zero-order chi connectivity index (χ0) is 13.3. The van der Waals surface area contributed by atoms with Crippen molar-refractivity contribution in [1.82, 2.24) is 15.0 Å². The standard InChI is InChI=1S/C13H18N4O/c1-13(2,3)11-12(14)15-16-17(11)9-6-5-7-10(8-9)18-4/h5-8H,14H2,1-4H3. The van der Waals surface area contributed by atoms with Crippen molar-refractivity contribution in [3.63, 3.8) is 0 Å². The molecular weight excluding hydrogens is 228 g/mol. The summed E-state index contributed by atoms with van der Waals surface area (Å²) in [5.41, 5.74) is 7.57. The second-order valence-corrected chi connectivity index (χ2v) is 5.19. The van der Waals surface area contributed by atoms with Crippen LogP contribution in [0.3, 0.4) is 0 Å². The Bertz CT molecular complexity index is 554. The van der Waals surface area contributed by atoms with Crippen LogP contribution in [0.4, 0.5) is 5.82 Å². The van der Waals surface area contributed by atoms with Crippen molar-refractivity contribution in [3.05, 3.63) is 30.0 Å². The number of hydrogen-bond acceptors (Lipinski definition) is 4. The molecule has 2 rings (SSSR count). The number of ether oxygens (including phenoxy) is 1. The average Bonchev–Trinajstić information content (AvgIpc) is 2.71. The maximum atomic E-state index is 5.91. The molecule has 0 saturated carbocycles. The van der Waals surface area contributed by atoms with E-state index in [1.165, 1.54) is 0 Å². The first-order chi connectivity index (χ1) is 8.43. The Balaban J connectivity index is 2.57.